The van der Waals surface area contributed by atoms with Crippen molar-refractivity contribution in [3.05, 3.63) is 23.8 Å². The van der Waals surface area contributed by atoms with E-state index in [2.05, 4.69) is 0 Å². The third-order valence-corrected chi connectivity index (χ3v) is 3.81. The molecule has 1 atom stereocenters. The molecule has 0 bridgehead atoms. The van der Waals surface area contributed by atoms with Gasteiger partial charge >= 0.3 is 6.09 Å². The third-order valence-electron chi connectivity index (χ3n) is 3.81. The molecule has 5 heteroatoms. The highest BCUT2D eigenvalue weighted by Crippen LogP contribution is 2.25. The SMILES string of the molecule is Cc1ccc(N)c(OCC2CCCN(C(=O)OC(C)(C)C)C2)c1. The van der Waals surface area contributed by atoms with Crippen molar-refractivity contribution in [1.29, 1.82) is 0 Å². The number of hydrogen-bond acceptors (Lipinski definition) is 4. The van der Waals surface area contributed by atoms with Crippen molar-refractivity contribution in [3.63, 3.8) is 0 Å². The van der Waals surface area contributed by atoms with Gasteiger partial charge in [-0.25, -0.2) is 4.79 Å². The molecule has 2 rings (SSSR count). The first kappa shape index (κ1) is 17.4. The Hall–Kier alpha value is -1.91. The first-order valence-electron chi connectivity index (χ1n) is 8.21. The molecule has 0 saturated carbocycles. The van der Waals surface area contributed by atoms with E-state index in [0.717, 1.165) is 30.7 Å². The van der Waals surface area contributed by atoms with Gasteiger partial charge in [-0.2, -0.15) is 0 Å². The van der Waals surface area contributed by atoms with Crippen LogP contribution in [0.1, 0.15) is 39.2 Å². The number of ether oxygens (including phenoxy) is 2. The number of nitrogens with two attached hydrogens (primary N) is 1. The van der Waals surface area contributed by atoms with E-state index in [1.54, 1.807) is 4.90 Å². The average molecular weight is 320 g/mol. The van der Waals surface area contributed by atoms with Gasteiger partial charge in [0.05, 0.1) is 12.3 Å². The largest absolute Gasteiger partial charge is 0.491 e. The van der Waals surface area contributed by atoms with Crippen molar-refractivity contribution in [2.24, 2.45) is 5.92 Å². The van der Waals surface area contributed by atoms with Crippen molar-refractivity contribution in [3.8, 4) is 5.75 Å². The fraction of sp³-hybridized carbons (Fsp3) is 0.611. The van der Waals surface area contributed by atoms with Crippen LogP contribution in [0.2, 0.25) is 0 Å². The van der Waals surface area contributed by atoms with E-state index in [1.807, 2.05) is 45.9 Å². The van der Waals surface area contributed by atoms with E-state index in [9.17, 15) is 4.79 Å². The normalized spacial score (nSPS) is 18.6. The minimum Gasteiger partial charge on any atom is -0.491 e. The molecule has 0 radical (unpaired) electrons. The Balaban J connectivity index is 1.89. The number of carbonyl (C=O) groups is 1. The van der Waals surface area contributed by atoms with Crippen LogP contribution in [0.4, 0.5) is 10.5 Å². The van der Waals surface area contributed by atoms with Crippen LogP contribution in [-0.2, 0) is 4.74 Å². The van der Waals surface area contributed by atoms with Gasteiger partial charge in [-0.3, -0.25) is 0 Å². The van der Waals surface area contributed by atoms with Gasteiger partial charge in [0.15, 0.2) is 0 Å². The lowest BCUT2D eigenvalue weighted by Gasteiger charge is -2.34. The fourth-order valence-corrected chi connectivity index (χ4v) is 2.67. The summed E-state index contributed by atoms with van der Waals surface area (Å²) in [4.78, 5) is 14.0. The Kier molecular flexibility index (Phi) is 5.39. The standard InChI is InChI=1S/C18H28N2O3/c1-13-7-8-15(19)16(10-13)22-12-14-6-5-9-20(11-14)17(21)23-18(2,3)4/h7-8,10,14H,5-6,9,11-12,19H2,1-4H3. The van der Waals surface area contributed by atoms with Gasteiger partial charge in [0.1, 0.15) is 11.4 Å². The van der Waals surface area contributed by atoms with E-state index in [4.69, 9.17) is 15.2 Å². The van der Waals surface area contributed by atoms with Gasteiger partial charge in [0.25, 0.3) is 0 Å². The summed E-state index contributed by atoms with van der Waals surface area (Å²) in [6, 6.07) is 5.77. The first-order chi connectivity index (χ1) is 10.7. The molecule has 1 heterocycles. The van der Waals surface area contributed by atoms with Crippen LogP contribution in [0, 0.1) is 12.8 Å². The molecule has 1 amide bonds. The second kappa shape index (κ2) is 7.11. The third kappa shape index (κ3) is 5.34. The molecule has 1 fully saturated rings. The number of carbonyl (C=O) groups excluding carboxylic acids is 1. The van der Waals surface area contributed by atoms with Crippen LogP contribution in [0.5, 0.6) is 5.75 Å². The van der Waals surface area contributed by atoms with Crippen LogP contribution in [0.25, 0.3) is 0 Å². The molecule has 1 unspecified atom stereocenters. The minimum atomic E-state index is -0.462. The van der Waals surface area contributed by atoms with Gasteiger partial charge in [-0.15, -0.1) is 0 Å². The lowest BCUT2D eigenvalue weighted by atomic mass is 9.99. The molecule has 0 aliphatic carbocycles. The summed E-state index contributed by atoms with van der Waals surface area (Å²) >= 11 is 0. The number of aryl methyl sites for hydroxylation is 1. The highest BCUT2D eigenvalue weighted by molar-refractivity contribution is 5.68. The van der Waals surface area contributed by atoms with Crippen molar-refractivity contribution in [1.82, 2.24) is 4.90 Å². The summed E-state index contributed by atoms with van der Waals surface area (Å²) in [5, 5.41) is 0. The van der Waals surface area contributed by atoms with Crippen LogP contribution in [0.15, 0.2) is 18.2 Å². The Morgan fingerprint density at radius 3 is 2.83 bits per heavy atom. The highest BCUT2D eigenvalue weighted by atomic mass is 16.6. The van der Waals surface area contributed by atoms with Gasteiger partial charge in [0.2, 0.25) is 0 Å². The van der Waals surface area contributed by atoms with Gasteiger partial charge in [-0.1, -0.05) is 6.07 Å². The molecule has 0 spiro atoms. The number of hydrogen-bond donors (Lipinski definition) is 1. The van der Waals surface area contributed by atoms with Crippen LogP contribution in [-0.4, -0.2) is 36.3 Å². The molecular formula is C18H28N2O3. The Morgan fingerprint density at radius 1 is 1.39 bits per heavy atom. The minimum absolute atomic E-state index is 0.239. The van der Waals surface area contributed by atoms with E-state index < -0.39 is 5.60 Å². The Bertz CT molecular complexity index is 552. The molecule has 1 aliphatic heterocycles. The smallest absolute Gasteiger partial charge is 0.410 e. The number of rotatable bonds is 3. The maximum Gasteiger partial charge on any atom is 0.410 e. The number of anilines is 1. The summed E-state index contributed by atoms with van der Waals surface area (Å²) < 4.78 is 11.3. The summed E-state index contributed by atoms with van der Waals surface area (Å²) in [5.74, 6) is 1.02. The van der Waals surface area contributed by atoms with Gasteiger partial charge in [0, 0.05) is 19.0 Å². The van der Waals surface area contributed by atoms with E-state index in [1.165, 1.54) is 0 Å². The number of nitrogens with zero attached hydrogens (tertiary/aromatic N) is 1. The molecule has 128 valence electrons. The molecule has 1 aromatic carbocycles. The highest BCUT2D eigenvalue weighted by Gasteiger charge is 2.28. The predicted octanol–water partition coefficient (Wildman–Crippen LogP) is 3.60. The Morgan fingerprint density at radius 2 is 2.13 bits per heavy atom. The van der Waals surface area contributed by atoms with Crippen molar-refractivity contribution >= 4 is 11.8 Å². The van der Waals surface area contributed by atoms with Crippen molar-refractivity contribution < 1.29 is 14.3 Å². The summed E-state index contributed by atoms with van der Waals surface area (Å²) in [7, 11) is 0. The molecule has 0 aromatic heterocycles. The van der Waals surface area contributed by atoms with Gasteiger partial charge in [-0.05, 0) is 58.2 Å². The Labute approximate surface area is 138 Å². The number of amides is 1. The molecule has 1 saturated heterocycles. The molecule has 23 heavy (non-hydrogen) atoms. The zero-order chi connectivity index (χ0) is 17.0. The van der Waals surface area contributed by atoms with E-state index in [0.29, 0.717) is 24.8 Å². The van der Waals surface area contributed by atoms with Crippen LogP contribution >= 0.6 is 0 Å². The number of nitrogen functional groups attached to an aromatic ring is 1. The fourth-order valence-electron chi connectivity index (χ4n) is 2.67. The van der Waals surface area contributed by atoms with Gasteiger partial charge < -0.3 is 20.1 Å². The topological polar surface area (TPSA) is 64.8 Å². The lowest BCUT2D eigenvalue weighted by Crippen LogP contribution is -2.44. The molecule has 2 N–H and O–H groups in total. The van der Waals surface area contributed by atoms with Crippen LogP contribution in [0.3, 0.4) is 0 Å². The number of piperidine rings is 1. The molecule has 1 aromatic rings. The van der Waals surface area contributed by atoms with E-state index in [-0.39, 0.29) is 6.09 Å². The zero-order valence-electron chi connectivity index (χ0n) is 14.6. The van der Waals surface area contributed by atoms with Crippen molar-refractivity contribution in [2.75, 3.05) is 25.4 Å². The monoisotopic (exact) mass is 320 g/mol. The molecular weight excluding hydrogens is 292 g/mol. The lowest BCUT2D eigenvalue weighted by molar-refractivity contribution is 0.0139. The molecule has 5 nitrogen and oxygen atoms in total. The van der Waals surface area contributed by atoms with E-state index >= 15 is 0 Å². The summed E-state index contributed by atoms with van der Waals surface area (Å²) in [6.45, 7) is 9.64. The van der Waals surface area contributed by atoms with Crippen molar-refractivity contribution in [2.45, 2.75) is 46.1 Å². The predicted molar refractivity (Wildman–Crippen MR) is 91.6 cm³/mol. The average Bonchev–Trinajstić information content (AvgIpc) is 2.47. The second-order valence-corrected chi connectivity index (χ2v) is 7.29. The molecule has 1 aliphatic rings. The van der Waals surface area contributed by atoms with Crippen LogP contribution < -0.4 is 10.5 Å². The quantitative estimate of drug-likeness (QED) is 0.864. The zero-order valence-corrected chi connectivity index (χ0v) is 14.6. The maximum atomic E-state index is 12.2. The number of likely N-dealkylation sites (tertiary alicyclic amines) is 1. The summed E-state index contributed by atoms with van der Waals surface area (Å²) in [6.07, 6.45) is 1.78. The summed E-state index contributed by atoms with van der Waals surface area (Å²) in [5.41, 5.74) is 7.25. The second-order valence-electron chi connectivity index (χ2n) is 7.29. The maximum absolute atomic E-state index is 12.2. The number of benzene rings is 1. The first-order valence-corrected chi connectivity index (χ1v) is 8.21.